The van der Waals surface area contributed by atoms with Crippen LogP contribution in [0.5, 0.6) is 0 Å². The van der Waals surface area contributed by atoms with Crippen LogP contribution in [0.15, 0.2) is 18.2 Å². The summed E-state index contributed by atoms with van der Waals surface area (Å²) in [5.41, 5.74) is 0.676. The van der Waals surface area contributed by atoms with Gasteiger partial charge < -0.3 is 5.11 Å². The number of hydrogen-bond acceptors (Lipinski definition) is 1. The first-order chi connectivity index (χ1) is 8.14. The molecule has 0 amide bonds. The van der Waals surface area contributed by atoms with Gasteiger partial charge in [-0.25, -0.2) is 4.39 Å². The molecule has 0 aromatic heterocycles. The minimum Gasteiger partial charge on any atom is -0.377 e. The molecule has 0 bridgehead atoms. The molecule has 1 aromatic rings. The quantitative estimate of drug-likeness (QED) is 0.738. The SMILES string of the molecule is CCCC#CC1(O)CCc2c(F)cccc2C1. The van der Waals surface area contributed by atoms with Crippen LogP contribution >= 0.6 is 0 Å². The largest absolute Gasteiger partial charge is 0.377 e. The molecule has 1 nitrogen and oxygen atoms in total. The van der Waals surface area contributed by atoms with E-state index in [1.165, 1.54) is 6.07 Å². The van der Waals surface area contributed by atoms with Gasteiger partial charge in [-0.05, 0) is 36.5 Å². The van der Waals surface area contributed by atoms with E-state index in [1.807, 2.05) is 6.07 Å². The smallest absolute Gasteiger partial charge is 0.129 e. The molecule has 2 rings (SSSR count). The number of unbranched alkanes of at least 4 members (excludes halogenated alkanes) is 1. The lowest BCUT2D eigenvalue weighted by molar-refractivity contribution is 0.0856. The Morgan fingerprint density at radius 3 is 3.06 bits per heavy atom. The van der Waals surface area contributed by atoms with Gasteiger partial charge in [0, 0.05) is 12.8 Å². The molecule has 0 fully saturated rings. The molecular weight excluding hydrogens is 215 g/mol. The molecule has 1 aromatic carbocycles. The third kappa shape index (κ3) is 2.68. The molecule has 0 spiro atoms. The van der Waals surface area contributed by atoms with E-state index in [-0.39, 0.29) is 5.82 Å². The van der Waals surface area contributed by atoms with Crippen LogP contribution in [0.1, 0.15) is 37.3 Å². The summed E-state index contributed by atoms with van der Waals surface area (Å²) in [6, 6.07) is 5.05. The van der Waals surface area contributed by atoms with Gasteiger partial charge >= 0.3 is 0 Å². The van der Waals surface area contributed by atoms with Crippen LogP contribution in [-0.2, 0) is 12.8 Å². The first-order valence-electron chi connectivity index (χ1n) is 6.13. The van der Waals surface area contributed by atoms with Gasteiger partial charge in [0.25, 0.3) is 0 Å². The Balaban J connectivity index is 2.21. The molecule has 1 aliphatic rings. The van der Waals surface area contributed by atoms with Gasteiger partial charge in [0.05, 0.1) is 0 Å². The fourth-order valence-corrected chi connectivity index (χ4v) is 2.24. The first-order valence-corrected chi connectivity index (χ1v) is 6.13. The highest BCUT2D eigenvalue weighted by Gasteiger charge is 2.31. The van der Waals surface area contributed by atoms with Crippen molar-refractivity contribution in [2.24, 2.45) is 0 Å². The molecule has 17 heavy (non-hydrogen) atoms. The minimum atomic E-state index is -0.962. The molecule has 1 atom stereocenters. The van der Waals surface area contributed by atoms with E-state index >= 15 is 0 Å². The second-order valence-electron chi connectivity index (χ2n) is 4.64. The molecule has 1 aliphatic carbocycles. The van der Waals surface area contributed by atoms with E-state index in [0.717, 1.165) is 24.0 Å². The Morgan fingerprint density at radius 1 is 1.47 bits per heavy atom. The lowest BCUT2D eigenvalue weighted by Crippen LogP contribution is -2.34. The van der Waals surface area contributed by atoms with E-state index in [4.69, 9.17) is 0 Å². The third-order valence-electron chi connectivity index (χ3n) is 3.18. The number of rotatable bonds is 1. The normalized spacial score (nSPS) is 22.5. The topological polar surface area (TPSA) is 20.2 Å². The van der Waals surface area contributed by atoms with Crippen molar-refractivity contribution in [2.75, 3.05) is 0 Å². The van der Waals surface area contributed by atoms with Crippen molar-refractivity contribution in [3.63, 3.8) is 0 Å². The zero-order chi connectivity index (χ0) is 12.3. The fourth-order valence-electron chi connectivity index (χ4n) is 2.24. The Labute approximate surface area is 102 Å². The maximum atomic E-state index is 13.5. The van der Waals surface area contributed by atoms with Gasteiger partial charge in [0.2, 0.25) is 0 Å². The highest BCUT2D eigenvalue weighted by Crippen LogP contribution is 2.29. The van der Waals surface area contributed by atoms with Gasteiger partial charge in [0.15, 0.2) is 0 Å². The Kier molecular flexibility index (Phi) is 3.49. The molecule has 0 saturated carbocycles. The van der Waals surface area contributed by atoms with Crippen LogP contribution in [0.2, 0.25) is 0 Å². The van der Waals surface area contributed by atoms with Crippen LogP contribution < -0.4 is 0 Å². The average molecular weight is 232 g/mol. The zero-order valence-corrected chi connectivity index (χ0v) is 10.1. The predicted molar refractivity (Wildman–Crippen MR) is 66.1 cm³/mol. The summed E-state index contributed by atoms with van der Waals surface area (Å²) in [5, 5.41) is 10.3. The number of aliphatic hydroxyl groups is 1. The lowest BCUT2D eigenvalue weighted by atomic mass is 9.80. The standard InChI is InChI=1S/C15H17FO/c1-2-3-4-9-15(17)10-8-13-12(11-15)6-5-7-14(13)16/h5-7,17H,2-3,8,10-11H2,1H3. The first kappa shape index (κ1) is 12.1. The lowest BCUT2D eigenvalue weighted by Gasteiger charge is -2.29. The Morgan fingerprint density at radius 2 is 2.29 bits per heavy atom. The zero-order valence-electron chi connectivity index (χ0n) is 10.1. The van der Waals surface area contributed by atoms with Gasteiger partial charge in [-0.1, -0.05) is 25.0 Å². The fraction of sp³-hybridized carbons (Fsp3) is 0.467. The number of hydrogen-bond donors (Lipinski definition) is 1. The van der Waals surface area contributed by atoms with Crippen LogP contribution in [-0.4, -0.2) is 10.7 Å². The summed E-state index contributed by atoms with van der Waals surface area (Å²) in [5.74, 6) is 5.78. The van der Waals surface area contributed by atoms with Crippen LogP contribution in [0.4, 0.5) is 4.39 Å². The van der Waals surface area contributed by atoms with Gasteiger partial charge in [-0.3, -0.25) is 0 Å². The van der Waals surface area contributed by atoms with Crippen molar-refractivity contribution >= 4 is 0 Å². The van der Waals surface area contributed by atoms with Gasteiger partial charge in [-0.2, -0.15) is 0 Å². The van der Waals surface area contributed by atoms with E-state index in [0.29, 0.717) is 19.3 Å². The molecule has 0 radical (unpaired) electrons. The maximum absolute atomic E-state index is 13.5. The maximum Gasteiger partial charge on any atom is 0.129 e. The van der Waals surface area contributed by atoms with Gasteiger partial charge in [-0.15, -0.1) is 5.92 Å². The molecule has 0 saturated heterocycles. The predicted octanol–water partition coefficient (Wildman–Crippen LogP) is 2.85. The number of halogens is 1. The van der Waals surface area contributed by atoms with Crippen LogP contribution in [0.3, 0.4) is 0 Å². The van der Waals surface area contributed by atoms with Crippen molar-refractivity contribution in [1.29, 1.82) is 0 Å². The minimum absolute atomic E-state index is 0.161. The highest BCUT2D eigenvalue weighted by molar-refractivity contribution is 5.36. The van der Waals surface area contributed by atoms with E-state index in [9.17, 15) is 9.50 Å². The van der Waals surface area contributed by atoms with Crippen molar-refractivity contribution < 1.29 is 9.50 Å². The molecule has 1 unspecified atom stereocenters. The van der Waals surface area contributed by atoms with E-state index < -0.39 is 5.60 Å². The second-order valence-corrected chi connectivity index (χ2v) is 4.64. The van der Waals surface area contributed by atoms with Crippen LogP contribution in [0.25, 0.3) is 0 Å². The summed E-state index contributed by atoms with van der Waals surface area (Å²) >= 11 is 0. The van der Waals surface area contributed by atoms with E-state index in [2.05, 4.69) is 18.8 Å². The number of fused-ring (bicyclic) bond motifs is 1. The molecule has 2 heteroatoms. The molecule has 0 heterocycles. The Bertz CT molecular complexity index is 470. The van der Waals surface area contributed by atoms with Crippen molar-refractivity contribution in [2.45, 2.75) is 44.6 Å². The van der Waals surface area contributed by atoms with E-state index in [1.54, 1.807) is 6.07 Å². The van der Waals surface area contributed by atoms with Crippen molar-refractivity contribution in [3.8, 4) is 11.8 Å². The summed E-state index contributed by atoms with van der Waals surface area (Å²) in [7, 11) is 0. The average Bonchev–Trinajstić information content (AvgIpc) is 2.29. The summed E-state index contributed by atoms with van der Waals surface area (Å²) < 4.78 is 13.5. The summed E-state index contributed by atoms with van der Waals surface area (Å²) in [6.45, 7) is 2.06. The summed E-state index contributed by atoms with van der Waals surface area (Å²) in [6.07, 6.45) is 3.33. The Hall–Kier alpha value is -1.33. The molecular formula is C15H17FO. The summed E-state index contributed by atoms with van der Waals surface area (Å²) in [4.78, 5) is 0. The molecule has 1 N–H and O–H groups in total. The van der Waals surface area contributed by atoms with Crippen molar-refractivity contribution in [3.05, 3.63) is 35.1 Å². The van der Waals surface area contributed by atoms with Crippen molar-refractivity contribution in [1.82, 2.24) is 0 Å². The third-order valence-corrected chi connectivity index (χ3v) is 3.18. The molecule has 0 aliphatic heterocycles. The molecule has 90 valence electrons. The van der Waals surface area contributed by atoms with Crippen LogP contribution in [0, 0.1) is 17.7 Å². The van der Waals surface area contributed by atoms with Gasteiger partial charge in [0.1, 0.15) is 11.4 Å². The monoisotopic (exact) mass is 232 g/mol. The highest BCUT2D eigenvalue weighted by atomic mass is 19.1. The number of benzene rings is 1. The second kappa shape index (κ2) is 4.89.